The number of hydrogen-bond acceptors (Lipinski definition) is 4. The van der Waals surface area contributed by atoms with Gasteiger partial charge in [-0.2, -0.15) is 4.98 Å². The van der Waals surface area contributed by atoms with Gasteiger partial charge in [-0.3, -0.25) is 0 Å². The summed E-state index contributed by atoms with van der Waals surface area (Å²) < 4.78 is 45.2. The zero-order chi connectivity index (χ0) is 17.4. The van der Waals surface area contributed by atoms with E-state index < -0.39 is 17.5 Å². The number of aromatic nitrogens is 4. The second-order valence-electron chi connectivity index (χ2n) is 5.49. The van der Waals surface area contributed by atoms with E-state index in [2.05, 4.69) is 20.1 Å². The van der Waals surface area contributed by atoms with Crippen molar-refractivity contribution >= 4 is 11.0 Å². The summed E-state index contributed by atoms with van der Waals surface area (Å²) in [6.45, 7) is 0. The smallest absolute Gasteiger partial charge is 0.258 e. The molecule has 0 aliphatic carbocycles. The van der Waals surface area contributed by atoms with Crippen molar-refractivity contribution in [1.82, 2.24) is 20.1 Å². The predicted molar refractivity (Wildman–Crippen MR) is 83.1 cm³/mol. The molecule has 2 aromatic carbocycles. The van der Waals surface area contributed by atoms with E-state index in [4.69, 9.17) is 4.52 Å². The number of hydrogen-bond donors (Lipinski definition) is 1. The molecule has 0 aliphatic rings. The molecule has 8 heteroatoms. The van der Waals surface area contributed by atoms with E-state index in [0.717, 1.165) is 6.07 Å². The van der Waals surface area contributed by atoms with E-state index in [1.54, 1.807) is 12.1 Å². The molecule has 2 heterocycles. The Balaban J connectivity index is 1.51. The third-order valence-corrected chi connectivity index (χ3v) is 3.68. The Kier molecular flexibility index (Phi) is 3.72. The SMILES string of the molecule is Fc1cccc(-c2nc(CCc3nc4c(F)cc(F)cc4[nH]3)no2)c1. The van der Waals surface area contributed by atoms with Gasteiger partial charge in [0.05, 0.1) is 5.52 Å². The van der Waals surface area contributed by atoms with Gasteiger partial charge in [0, 0.05) is 24.5 Å². The van der Waals surface area contributed by atoms with Gasteiger partial charge in [-0.05, 0) is 24.3 Å². The van der Waals surface area contributed by atoms with Crippen LogP contribution in [0.2, 0.25) is 0 Å². The van der Waals surface area contributed by atoms with Gasteiger partial charge < -0.3 is 9.51 Å². The molecule has 0 saturated carbocycles. The van der Waals surface area contributed by atoms with E-state index in [9.17, 15) is 13.2 Å². The van der Waals surface area contributed by atoms with Gasteiger partial charge in [-0.1, -0.05) is 11.2 Å². The molecule has 0 atom stereocenters. The molecular weight excluding hydrogens is 333 g/mol. The number of nitrogens with one attached hydrogen (secondary N) is 1. The van der Waals surface area contributed by atoms with Crippen LogP contribution in [0.5, 0.6) is 0 Å². The summed E-state index contributed by atoms with van der Waals surface area (Å²) in [7, 11) is 0. The Bertz CT molecular complexity index is 1060. The van der Waals surface area contributed by atoms with Crippen molar-refractivity contribution in [2.45, 2.75) is 12.8 Å². The quantitative estimate of drug-likeness (QED) is 0.611. The van der Waals surface area contributed by atoms with E-state index >= 15 is 0 Å². The van der Waals surface area contributed by atoms with Crippen LogP contribution < -0.4 is 0 Å². The molecule has 0 fully saturated rings. The molecule has 0 bridgehead atoms. The van der Waals surface area contributed by atoms with Crippen LogP contribution in [0.4, 0.5) is 13.2 Å². The fraction of sp³-hybridized carbons (Fsp3) is 0.118. The van der Waals surface area contributed by atoms with E-state index in [1.807, 2.05) is 0 Å². The number of benzene rings is 2. The molecule has 0 amide bonds. The molecule has 126 valence electrons. The predicted octanol–water partition coefficient (Wildman–Crippen LogP) is 3.82. The molecule has 1 N–H and O–H groups in total. The minimum atomic E-state index is -0.717. The number of nitrogens with zero attached hydrogens (tertiary/aromatic N) is 3. The summed E-state index contributed by atoms with van der Waals surface area (Å²) in [5.74, 6) is -0.674. The molecule has 25 heavy (non-hydrogen) atoms. The van der Waals surface area contributed by atoms with Gasteiger partial charge in [0.15, 0.2) is 11.6 Å². The van der Waals surface area contributed by atoms with Gasteiger partial charge in [-0.25, -0.2) is 18.2 Å². The third kappa shape index (κ3) is 3.10. The molecule has 2 aromatic heterocycles. The summed E-state index contributed by atoms with van der Waals surface area (Å²) in [4.78, 5) is 11.2. The molecule has 4 rings (SSSR count). The van der Waals surface area contributed by atoms with Crippen molar-refractivity contribution in [2.75, 3.05) is 0 Å². The number of aromatic amines is 1. The molecule has 5 nitrogen and oxygen atoms in total. The lowest BCUT2D eigenvalue weighted by atomic mass is 10.2. The number of imidazole rings is 1. The topological polar surface area (TPSA) is 67.6 Å². The largest absolute Gasteiger partial charge is 0.342 e. The van der Waals surface area contributed by atoms with Crippen molar-refractivity contribution in [2.24, 2.45) is 0 Å². The summed E-state index contributed by atoms with van der Waals surface area (Å²) in [5, 5.41) is 3.84. The molecule has 0 spiro atoms. The van der Waals surface area contributed by atoms with Gasteiger partial charge in [0.1, 0.15) is 23.0 Å². The number of fused-ring (bicyclic) bond motifs is 1. The maximum Gasteiger partial charge on any atom is 0.258 e. The van der Waals surface area contributed by atoms with Gasteiger partial charge in [0.2, 0.25) is 0 Å². The van der Waals surface area contributed by atoms with Crippen LogP contribution >= 0.6 is 0 Å². The Labute approximate surface area is 139 Å². The highest BCUT2D eigenvalue weighted by Crippen LogP contribution is 2.20. The number of halogens is 3. The first-order valence-corrected chi connectivity index (χ1v) is 7.50. The number of rotatable bonds is 4. The van der Waals surface area contributed by atoms with Crippen LogP contribution in [0.25, 0.3) is 22.5 Å². The Morgan fingerprint density at radius 1 is 0.960 bits per heavy atom. The summed E-state index contributed by atoms with van der Waals surface area (Å²) in [6.07, 6.45) is 0.764. The molecule has 0 radical (unpaired) electrons. The zero-order valence-corrected chi connectivity index (χ0v) is 12.8. The molecule has 0 unspecified atom stereocenters. The fourth-order valence-corrected chi connectivity index (χ4v) is 2.54. The summed E-state index contributed by atoms with van der Waals surface area (Å²) in [5.41, 5.74) is 0.867. The zero-order valence-electron chi connectivity index (χ0n) is 12.8. The second-order valence-corrected chi connectivity index (χ2v) is 5.49. The minimum Gasteiger partial charge on any atom is -0.342 e. The van der Waals surface area contributed by atoms with Crippen molar-refractivity contribution in [3.63, 3.8) is 0 Å². The van der Waals surface area contributed by atoms with Crippen molar-refractivity contribution in [3.05, 3.63) is 65.5 Å². The van der Waals surface area contributed by atoms with Crippen LogP contribution in [-0.4, -0.2) is 20.1 Å². The lowest BCUT2D eigenvalue weighted by molar-refractivity contribution is 0.422. The van der Waals surface area contributed by atoms with E-state index in [0.29, 0.717) is 35.6 Å². The van der Waals surface area contributed by atoms with Crippen LogP contribution in [0.1, 0.15) is 11.6 Å². The van der Waals surface area contributed by atoms with Gasteiger partial charge >= 0.3 is 0 Å². The Morgan fingerprint density at radius 3 is 2.68 bits per heavy atom. The van der Waals surface area contributed by atoms with Crippen molar-refractivity contribution in [1.29, 1.82) is 0 Å². The molecule has 4 aromatic rings. The molecule has 0 aliphatic heterocycles. The molecular formula is C17H11F3N4O. The van der Waals surface area contributed by atoms with Crippen molar-refractivity contribution in [3.8, 4) is 11.5 Å². The van der Waals surface area contributed by atoms with Gasteiger partial charge in [-0.15, -0.1) is 0 Å². The maximum atomic E-state index is 13.7. The Morgan fingerprint density at radius 2 is 1.84 bits per heavy atom. The maximum absolute atomic E-state index is 13.7. The van der Waals surface area contributed by atoms with E-state index in [-0.39, 0.29) is 11.4 Å². The summed E-state index contributed by atoms with van der Waals surface area (Å²) in [6, 6.07) is 7.81. The minimum absolute atomic E-state index is 0.0879. The van der Waals surface area contributed by atoms with Crippen LogP contribution in [-0.2, 0) is 12.8 Å². The first-order valence-electron chi connectivity index (χ1n) is 7.50. The van der Waals surface area contributed by atoms with Crippen molar-refractivity contribution < 1.29 is 17.7 Å². The highest BCUT2D eigenvalue weighted by molar-refractivity contribution is 5.75. The highest BCUT2D eigenvalue weighted by Gasteiger charge is 2.13. The fourth-order valence-electron chi connectivity index (χ4n) is 2.54. The normalized spacial score (nSPS) is 11.3. The lowest BCUT2D eigenvalue weighted by Crippen LogP contribution is -1.95. The summed E-state index contributed by atoms with van der Waals surface area (Å²) >= 11 is 0. The van der Waals surface area contributed by atoms with Gasteiger partial charge in [0.25, 0.3) is 5.89 Å². The third-order valence-electron chi connectivity index (χ3n) is 3.68. The second kappa shape index (κ2) is 6.04. The van der Waals surface area contributed by atoms with Crippen LogP contribution in [0.15, 0.2) is 40.9 Å². The first-order chi connectivity index (χ1) is 12.1. The monoisotopic (exact) mass is 344 g/mol. The van der Waals surface area contributed by atoms with Crippen LogP contribution in [0.3, 0.4) is 0 Å². The Hall–Kier alpha value is -3.16. The number of H-pyrrole nitrogens is 1. The number of aryl methyl sites for hydroxylation is 2. The first kappa shape index (κ1) is 15.4. The average molecular weight is 344 g/mol. The lowest BCUT2D eigenvalue weighted by Gasteiger charge is -1.93. The standard InChI is InChI=1S/C17H11F3N4O/c18-10-3-1-2-9(6-10)17-23-15(24-25-17)5-4-14-21-13-8-11(19)7-12(20)16(13)22-14/h1-3,6-8H,4-5H2,(H,21,22). The average Bonchev–Trinajstić information content (AvgIpc) is 3.19. The highest BCUT2D eigenvalue weighted by atomic mass is 19.1. The van der Waals surface area contributed by atoms with Crippen LogP contribution in [0, 0.1) is 17.5 Å². The van der Waals surface area contributed by atoms with E-state index in [1.165, 1.54) is 18.2 Å². The molecule has 0 saturated heterocycles.